The van der Waals surface area contributed by atoms with Crippen LogP contribution in [0, 0.1) is 11.3 Å². The van der Waals surface area contributed by atoms with Crippen molar-refractivity contribution in [2.75, 3.05) is 13.1 Å². The number of rotatable bonds is 2. The van der Waals surface area contributed by atoms with E-state index in [-0.39, 0.29) is 0 Å². The van der Waals surface area contributed by atoms with E-state index in [0.29, 0.717) is 11.5 Å². The zero-order valence-corrected chi connectivity index (χ0v) is 9.09. The molecule has 2 fully saturated rings. The molecule has 3 atom stereocenters. The van der Waals surface area contributed by atoms with Crippen LogP contribution in [0.4, 0.5) is 0 Å². The van der Waals surface area contributed by atoms with E-state index in [1.54, 1.807) is 0 Å². The summed E-state index contributed by atoms with van der Waals surface area (Å²) in [5, 5.41) is 0. The summed E-state index contributed by atoms with van der Waals surface area (Å²) in [6.45, 7) is 9.47. The van der Waals surface area contributed by atoms with Crippen molar-refractivity contribution in [1.29, 1.82) is 0 Å². The van der Waals surface area contributed by atoms with Gasteiger partial charge in [-0.3, -0.25) is 4.90 Å². The molecule has 0 amide bonds. The molecule has 3 unspecified atom stereocenters. The van der Waals surface area contributed by atoms with Crippen LogP contribution in [0.1, 0.15) is 33.6 Å². The third kappa shape index (κ3) is 1.50. The van der Waals surface area contributed by atoms with Gasteiger partial charge in [-0.05, 0) is 24.2 Å². The molecule has 0 radical (unpaired) electrons. The first-order chi connectivity index (χ1) is 6.04. The molecule has 1 saturated carbocycles. The molecule has 1 saturated heterocycles. The van der Waals surface area contributed by atoms with Gasteiger partial charge in [-0.2, -0.15) is 0 Å². The van der Waals surface area contributed by atoms with Crippen LogP contribution in [0.3, 0.4) is 0 Å². The zero-order chi connectivity index (χ0) is 9.64. The van der Waals surface area contributed by atoms with Gasteiger partial charge in [0.1, 0.15) is 0 Å². The van der Waals surface area contributed by atoms with Gasteiger partial charge in [-0.15, -0.1) is 0 Å². The standard InChI is InChI=1S/C11H22N2/c1-8(2)11(3)6-10(11)13-5-4-9(12)7-13/h8-10H,4-7,12H2,1-3H3. The predicted molar refractivity (Wildman–Crippen MR) is 55.5 cm³/mol. The first-order valence-electron chi connectivity index (χ1n) is 5.53. The van der Waals surface area contributed by atoms with Crippen LogP contribution in [0.5, 0.6) is 0 Å². The van der Waals surface area contributed by atoms with E-state index in [0.717, 1.165) is 18.5 Å². The largest absolute Gasteiger partial charge is 0.326 e. The van der Waals surface area contributed by atoms with Gasteiger partial charge in [0.2, 0.25) is 0 Å². The molecular formula is C11H22N2. The molecule has 1 aliphatic heterocycles. The smallest absolute Gasteiger partial charge is 0.0180 e. The summed E-state index contributed by atoms with van der Waals surface area (Å²) in [6.07, 6.45) is 2.59. The first-order valence-corrected chi connectivity index (χ1v) is 5.53. The maximum absolute atomic E-state index is 5.91. The van der Waals surface area contributed by atoms with Crippen molar-refractivity contribution in [3.63, 3.8) is 0 Å². The van der Waals surface area contributed by atoms with Gasteiger partial charge in [-0.25, -0.2) is 0 Å². The summed E-state index contributed by atoms with van der Waals surface area (Å²) in [7, 11) is 0. The predicted octanol–water partition coefficient (Wildman–Crippen LogP) is 1.45. The summed E-state index contributed by atoms with van der Waals surface area (Å²) >= 11 is 0. The van der Waals surface area contributed by atoms with Crippen molar-refractivity contribution in [2.45, 2.75) is 45.7 Å². The Hall–Kier alpha value is -0.0800. The first kappa shape index (κ1) is 9.47. The highest BCUT2D eigenvalue weighted by Crippen LogP contribution is 2.55. The molecule has 13 heavy (non-hydrogen) atoms. The second kappa shape index (κ2) is 2.96. The van der Waals surface area contributed by atoms with Gasteiger partial charge < -0.3 is 5.73 Å². The molecule has 2 rings (SSSR count). The molecule has 1 aliphatic carbocycles. The van der Waals surface area contributed by atoms with Crippen LogP contribution in [0.25, 0.3) is 0 Å². The van der Waals surface area contributed by atoms with E-state index < -0.39 is 0 Å². The summed E-state index contributed by atoms with van der Waals surface area (Å²) < 4.78 is 0. The Morgan fingerprint density at radius 1 is 1.46 bits per heavy atom. The third-order valence-electron chi connectivity index (χ3n) is 4.25. The van der Waals surface area contributed by atoms with Gasteiger partial charge in [0.15, 0.2) is 0 Å². The summed E-state index contributed by atoms with van der Waals surface area (Å²) in [4.78, 5) is 2.60. The number of likely N-dealkylation sites (tertiary alicyclic amines) is 1. The van der Waals surface area contributed by atoms with Crippen LogP contribution in [-0.4, -0.2) is 30.1 Å². The maximum Gasteiger partial charge on any atom is 0.0180 e. The molecule has 76 valence electrons. The monoisotopic (exact) mass is 182 g/mol. The molecule has 2 nitrogen and oxygen atoms in total. The van der Waals surface area contributed by atoms with Crippen LogP contribution >= 0.6 is 0 Å². The normalized spacial score (nSPS) is 45.9. The average Bonchev–Trinajstić information content (AvgIpc) is 2.55. The van der Waals surface area contributed by atoms with Crippen molar-refractivity contribution < 1.29 is 0 Å². The van der Waals surface area contributed by atoms with Crippen LogP contribution in [0.15, 0.2) is 0 Å². The molecule has 0 bridgehead atoms. The minimum absolute atomic E-state index is 0.442. The van der Waals surface area contributed by atoms with Crippen molar-refractivity contribution in [3.8, 4) is 0 Å². The summed E-state index contributed by atoms with van der Waals surface area (Å²) in [5.74, 6) is 0.814. The fraction of sp³-hybridized carbons (Fsp3) is 1.00. The summed E-state index contributed by atoms with van der Waals surface area (Å²) in [6, 6.07) is 1.28. The van der Waals surface area contributed by atoms with Crippen molar-refractivity contribution >= 4 is 0 Å². The van der Waals surface area contributed by atoms with E-state index in [1.165, 1.54) is 19.4 Å². The van der Waals surface area contributed by atoms with E-state index >= 15 is 0 Å². The molecule has 0 aromatic carbocycles. The lowest BCUT2D eigenvalue weighted by Gasteiger charge is -2.22. The lowest BCUT2D eigenvalue weighted by Crippen LogP contribution is -2.31. The third-order valence-corrected chi connectivity index (χ3v) is 4.25. The van der Waals surface area contributed by atoms with Crippen LogP contribution in [0.2, 0.25) is 0 Å². The Bertz CT molecular complexity index is 202. The quantitative estimate of drug-likeness (QED) is 0.700. The Morgan fingerprint density at radius 3 is 2.54 bits per heavy atom. The minimum atomic E-state index is 0.442. The highest BCUT2D eigenvalue weighted by molar-refractivity contribution is 5.09. The highest BCUT2D eigenvalue weighted by Gasteiger charge is 2.55. The second-order valence-corrected chi connectivity index (χ2v) is 5.42. The molecular weight excluding hydrogens is 160 g/mol. The van der Waals surface area contributed by atoms with E-state index in [2.05, 4.69) is 25.7 Å². The van der Waals surface area contributed by atoms with Gasteiger partial charge in [0.25, 0.3) is 0 Å². The van der Waals surface area contributed by atoms with Gasteiger partial charge >= 0.3 is 0 Å². The molecule has 0 aromatic rings. The summed E-state index contributed by atoms with van der Waals surface area (Å²) in [5.41, 5.74) is 6.50. The van der Waals surface area contributed by atoms with Crippen molar-refractivity contribution in [2.24, 2.45) is 17.1 Å². The van der Waals surface area contributed by atoms with Gasteiger partial charge in [0, 0.05) is 25.2 Å². The van der Waals surface area contributed by atoms with Crippen LogP contribution < -0.4 is 5.73 Å². The second-order valence-electron chi connectivity index (χ2n) is 5.42. The van der Waals surface area contributed by atoms with Gasteiger partial charge in [-0.1, -0.05) is 20.8 Å². The SMILES string of the molecule is CC(C)C1(C)CC1N1CCC(N)C1. The lowest BCUT2D eigenvalue weighted by atomic mass is 9.94. The molecule has 2 heteroatoms. The number of nitrogens with zero attached hydrogens (tertiary/aromatic N) is 1. The lowest BCUT2D eigenvalue weighted by molar-refractivity contribution is 0.244. The number of hydrogen-bond donors (Lipinski definition) is 1. The van der Waals surface area contributed by atoms with Crippen molar-refractivity contribution in [1.82, 2.24) is 4.90 Å². The minimum Gasteiger partial charge on any atom is -0.326 e. The fourth-order valence-electron chi connectivity index (χ4n) is 2.62. The Morgan fingerprint density at radius 2 is 2.15 bits per heavy atom. The molecule has 0 aromatic heterocycles. The molecule has 0 spiro atoms. The number of hydrogen-bond acceptors (Lipinski definition) is 2. The highest BCUT2D eigenvalue weighted by atomic mass is 15.2. The Kier molecular flexibility index (Phi) is 2.16. The molecule has 1 heterocycles. The Labute approximate surface area is 81.5 Å². The average molecular weight is 182 g/mol. The van der Waals surface area contributed by atoms with E-state index in [9.17, 15) is 0 Å². The zero-order valence-electron chi connectivity index (χ0n) is 9.09. The maximum atomic E-state index is 5.91. The topological polar surface area (TPSA) is 29.3 Å². The fourth-order valence-corrected chi connectivity index (χ4v) is 2.62. The van der Waals surface area contributed by atoms with Crippen LogP contribution in [-0.2, 0) is 0 Å². The van der Waals surface area contributed by atoms with Gasteiger partial charge in [0.05, 0.1) is 0 Å². The van der Waals surface area contributed by atoms with Crippen molar-refractivity contribution in [3.05, 3.63) is 0 Å². The molecule has 2 aliphatic rings. The van der Waals surface area contributed by atoms with E-state index in [1.807, 2.05) is 0 Å². The molecule has 2 N–H and O–H groups in total. The van der Waals surface area contributed by atoms with E-state index in [4.69, 9.17) is 5.73 Å². The Balaban J connectivity index is 1.92. The number of nitrogens with two attached hydrogens (primary N) is 1.